The monoisotopic (exact) mass is 267 g/mol. The highest BCUT2D eigenvalue weighted by molar-refractivity contribution is 5.07. The van der Waals surface area contributed by atoms with Crippen molar-refractivity contribution in [3.8, 4) is 0 Å². The standard InChI is InChI=1S/C14H25N3O2/c1-4-7-11(18-3)12-16-13(19-17-12)14(8-5-2)9-6-10-15-14/h11,15H,4-10H2,1-3H3. The number of rotatable bonds is 7. The van der Waals surface area contributed by atoms with E-state index in [0.717, 1.165) is 44.5 Å². The lowest BCUT2D eigenvalue weighted by molar-refractivity contribution is 0.0854. The largest absolute Gasteiger partial charge is 0.373 e. The summed E-state index contributed by atoms with van der Waals surface area (Å²) in [7, 11) is 1.70. The van der Waals surface area contributed by atoms with E-state index in [2.05, 4.69) is 29.3 Å². The van der Waals surface area contributed by atoms with Crippen molar-refractivity contribution in [2.24, 2.45) is 0 Å². The van der Waals surface area contributed by atoms with Gasteiger partial charge in [-0.15, -0.1) is 0 Å². The van der Waals surface area contributed by atoms with E-state index in [1.54, 1.807) is 7.11 Å². The number of methoxy groups -OCH3 is 1. The van der Waals surface area contributed by atoms with Gasteiger partial charge in [-0.1, -0.05) is 31.8 Å². The van der Waals surface area contributed by atoms with Crippen LogP contribution < -0.4 is 5.32 Å². The number of ether oxygens (including phenoxy) is 1. The summed E-state index contributed by atoms with van der Waals surface area (Å²) in [5, 5.41) is 7.68. The van der Waals surface area contributed by atoms with Gasteiger partial charge in [0.25, 0.3) is 0 Å². The summed E-state index contributed by atoms with van der Waals surface area (Å²) in [4.78, 5) is 4.61. The molecule has 2 heterocycles. The molecule has 5 heteroatoms. The van der Waals surface area contributed by atoms with Gasteiger partial charge in [0.05, 0.1) is 5.54 Å². The Balaban J connectivity index is 2.18. The summed E-state index contributed by atoms with van der Waals surface area (Å²) in [6.07, 6.45) is 6.30. The Morgan fingerprint density at radius 1 is 1.42 bits per heavy atom. The van der Waals surface area contributed by atoms with Crippen LogP contribution in [0.15, 0.2) is 4.52 Å². The molecule has 2 rings (SSSR count). The van der Waals surface area contributed by atoms with E-state index in [1.165, 1.54) is 6.42 Å². The van der Waals surface area contributed by atoms with E-state index in [4.69, 9.17) is 9.26 Å². The third-order valence-electron chi connectivity index (χ3n) is 3.89. The first-order valence-electron chi connectivity index (χ1n) is 7.37. The second kappa shape index (κ2) is 6.48. The molecule has 2 atom stereocenters. The molecule has 0 saturated carbocycles. The lowest BCUT2D eigenvalue weighted by Crippen LogP contribution is -2.37. The topological polar surface area (TPSA) is 60.2 Å². The van der Waals surface area contributed by atoms with Crippen LogP contribution in [0.2, 0.25) is 0 Å². The third-order valence-corrected chi connectivity index (χ3v) is 3.89. The summed E-state index contributed by atoms with van der Waals surface area (Å²) in [5.74, 6) is 1.42. The molecule has 1 aromatic rings. The van der Waals surface area contributed by atoms with Crippen molar-refractivity contribution in [2.75, 3.05) is 13.7 Å². The normalized spacial score (nSPS) is 24.8. The average Bonchev–Trinajstić information content (AvgIpc) is 3.05. The summed E-state index contributed by atoms with van der Waals surface area (Å²) in [5.41, 5.74) is -0.107. The third kappa shape index (κ3) is 2.98. The number of aromatic nitrogens is 2. The van der Waals surface area contributed by atoms with Gasteiger partial charge in [0.15, 0.2) is 0 Å². The molecule has 0 radical (unpaired) electrons. The van der Waals surface area contributed by atoms with Gasteiger partial charge < -0.3 is 14.6 Å². The van der Waals surface area contributed by atoms with Crippen molar-refractivity contribution >= 4 is 0 Å². The first-order valence-corrected chi connectivity index (χ1v) is 7.37. The quantitative estimate of drug-likeness (QED) is 0.823. The Kier molecular flexibility index (Phi) is 4.93. The van der Waals surface area contributed by atoms with Gasteiger partial charge in [0, 0.05) is 7.11 Å². The van der Waals surface area contributed by atoms with Gasteiger partial charge in [-0.2, -0.15) is 4.98 Å². The maximum absolute atomic E-state index is 5.53. The maximum atomic E-state index is 5.53. The summed E-state index contributed by atoms with van der Waals surface area (Å²) in [6.45, 7) is 5.35. The highest BCUT2D eigenvalue weighted by atomic mass is 16.5. The fraction of sp³-hybridized carbons (Fsp3) is 0.857. The molecule has 5 nitrogen and oxygen atoms in total. The summed E-state index contributed by atoms with van der Waals surface area (Å²) < 4.78 is 11.0. The van der Waals surface area contributed by atoms with E-state index in [-0.39, 0.29) is 11.6 Å². The predicted octanol–water partition coefficient (Wildman–Crippen LogP) is 2.94. The SMILES string of the molecule is CCCC(OC)c1noc(C2(CCC)CCCN2)n1. The van der Waals surface area contributed by atoms with Gasteiger partial charge in [-0.3, -0.25) is 0 Å². The minimum atomic E-state index is -0.107. The van der Waals surface area contributed by atoms with Crippen molar-refractivity contribution in [1.29, 1.82) is 0 Å². The molecular formula is C14H25N3O2. The lowest BCUT2D eigenvalue weighted by atomic mass is 9.92. The predicted molar refractivity (Wildman–Crippen MR) is 72.8 cm³/mol. The number of hydrogen-bond acceptors (Lipinski definition) is 5. The molecule has 1 aliphatic heterocycles. The Morgan fingerprint density at radius 2 is 2.26 bits per heavy atom. The first-order chi connectivity index (χ1) is 9.25. The van der Waals surface area contributed by atoms with Gasteiger partial charge in [-0.25, -0.2) is 0 Å². The fourth-order valence-corrected chi connectivity index (χ4v) is 2.91. The molecule has 108 valence electrons. The van der Waals surface area contributed by atoms with Crippen molar-refractivity contribution in [2.45, 2.75) is 64.0 Å². The Labute approximate surface area is 115 Å². The van der Waals surface area contributed by atoms with Gasteiger partial charge >= 0.3 is 0 Å². The molecule has 1 N–H and O–H groups in total. The number of nitrogens with one attached hydrogen (secondary N) is 1. The van der Waals surface area contributed by atoms with Gasteiger partial charge in [0.2, 0.25) is 11.7 Å². The zero-order chi connectivity index (χ0) is 13.7. The minimum Gasteiger partial charge on any atom is -0.373 e. The molecule has 2 unspecified atom stereocenters. The van der Waals surface area contributed by atoms with E-state index >= 15 is 0 Å². The van der Waals surface area contributed by atoms with Crippen molar-refractivity contribution in [3.05, 3.63) is 11.7 Å². The van der Waals surface area contributed by atoms with Crippen LogP contribution in [-0.4, -0.2) is 23.8 Å². The van der Waals surface area contributed by atoms with Crippen LogP contribution in [0.5, 0.6) is 0 Å². The molecular weight excluding hydrogens is 242 g/mol. The molecule has 19 heavy (non-hydrogen) atoms. The van der Waals surface area contributed by atoms with Gasteiger partial charge in [0.1, 0.15) is 6.10 Å². The van der Waals surface area contributed by atoms with Crippen LogP contribution in [0.1, 0.15) is 70.2 Å². The molecule has 0 spiro atoms. The highest BCUT2D eigenvalue weighted by Gasteiger charge is 2.40. The van der Waals surface area contributed by atoms with E-state index in [0.29, 0.717) is 5.82 Å². The zero-order valence-electron chi connectivity index (χ0n) is 12.2. The molecule has 0 amide bonds. The molecule has 1 fully saturated rings. The van der Waals surface area contributed by atoms with E-state index in [9.17, 15) is 0 Å². The van der Waals surface area contributed by atoms with E-state index < -0.39 is 0 Å². The summed E-state index contributed by atoms with van der Waals surface area (Å²) >= 11 is 0. The zero-order valence-corrected chi connectivity index (χ0v) is 12.2. The van der Waals surface area contributed by atoms with Crippen LogP contribution in [0.25, 0.3) is 0 Å². The molecule has 1 aliphatic rings. The Bertz CT molecular complexity index is 386. The molecule has 0 aliphatic carbocycles. The van der Waals surface area contributed by atoms with Crippen molar-refractivity contribution in [1.82, 2.24) is 15.5 Å². The van der Waals surface area contributed by atoms with Crippen LogP contribution >= 0.6 is 0 Å². The van der Waals surface area contributed by atoms with Crippen molar-refractivity contribution < 1.29 is 9.26 Å². The highest BCUT2D eigenvalue weighted by Crippen LogP contribution is 2.35. The second-order valence-corrected chi connectivity index (χ2v) is 5.33. The van der Waals surface area contributed by atoms with E-state index in [1.807, 2.05) is 0 Å². The number of nitrogens with zero attached hydrogens (tertiary/aromatic N) is 2. The second-order valence-electron chi connectivity index (χ2n) is 5.33. The Hall–Kier alpha value is -0.940. The molecule has 1 saturated heterocycles. The first kappa shape index (κ1) is 14.5. The fourth-order valence-electron chi connectivity index (χ4n) is 2.91. The summed E-state index contributed by atoms with van der Waals surface area (Å²) in [6, 6.07) is 0. The van der Waals surface area contributed by atoms with Crippen LogP contribution in [0, 0.1) is 0 Å². The number of hydrogen-bond donors (Lipinski definition) is 1. The smallest absolute Gasteiger partial charge is 0.247 e. The van der Waals surface area contributed by atoms with Gasteiger partial charge in [-0.05, 0) is 32.2 Å². The molecule has 0 bridgehead atoms. The average molecular weight is 267 g/mol. The van der Waals surface area contributed by atoms with Crippen LogP contribution in [-0.2, 0) is 10.3 Å². The van der Waals surface area contributed by atoms with Crippen molar-refractivity contribution in [3.63, 3.8) is 0 Å². The minimum absolute atomic E-state index is 0.0532. The van der Waals surface area contributed by atoms with Crippen LogP contribution in [0.3, 0.4) is 0 Å². The lowest BCUT2D eigenvalue weighted by Gasteiger charge is -2.24. The Morgan fingerprint density at radius 3 is 2.84 bits per heavy atom. The molecule has 1 aromatic heterocycles. The van der Waals surface area contributed by atoms with Crippen LogP contribution in [0.4, 0.5) is 0 Å². The molecule has 0 aromatic carbocycles. The maximum Gasteiger partial charge on any atom is 0.247 e.